The minimum Gasteiger partial charge on any atom is -0.490 e. The Bertz CT molecular complexity index is 561. The highest BCUT2D eigenvalue weighted by Crippen LogP contribution is 2.30. The molecule has 1 amide bonds. The molecule has 114 valence electrons. The van der Waals surface area contributed by atoms with Crippen molar-refractivity contribution >= 4 is 11.6 Å². The summed E-state index contributed by atoms with van der Waals surface area (Å²) >= 11 is 0. The van der Waals surface area contributed by atoms with Gasteiger partial charge < -0.3 is 15.4 Å². The fourth-order valence-electron chi connectivity index (χ4n) is 2.73. The number of amides is 1. The third-order valence-corrected chi connectivity index (χ3v) is 3.88. The van der Waals surface area contributed by atoms with Gasteiger partial charge in [-0.1, -0.05) is 0 Å². The van der Waals surface area contributed by atoms with Gasteiger partial charge in [0.25, 0.3) is 5.91 Å². The Hall–Kier alpha value is -2.15. The second-order valence-electron chi connectivity index (χ2n) is 5.29. The Labute approximate surface area is 122 Å². The zero-order valence-corrected chi connectivity index (χ0v) is 12.1. The monoisotopic (exact) mass is 293 g/mol. The van der Waals surface area contributed by atoms with Crippen LogP contribution >= 0.6 is 0 Å². The highest BCUT2D eigenvalue weighted by Gasteiger charge is 2.32. The first-order chi connectivity index (χ1) is 9.97. The first-order valence-electron chi connectivity index (χ1n) is 6.81. The van der Waals surface area contributed by atoms with Crippen LogP contribution in [-0.2, 0) is 0 Å². The minimum atomic E-state index is -0.550. The Morgan fingerprint density at radius 3 is 2.81 bits per heavy atom. The number of nitrogens with two attached hydrogens (primary N) is 1. The molecule has 0 radical (unpaired) electrons. The van der Waals surface area contributed by atoms with Gasteiger partial charge in [-0.15, -0.1) is 0 Å². The van der Waals surface area contributed by atoms with E-state index in [1.165, 1.54) is 19.2 Å². The van der Waals surface area contributed by atoms with Gasteiger partial charge in [-0.2, -0.15) is 0 Å². The molecular weight excluding hydrogens is 274 g/mol. The standard InChI is InChI=1S/C14H19N3O4/c1-9-5-10(7-15)8-16(9)14(18)11-3-4-13(21-2)12(6-11)17(19)20/h3-4,6,9-10H,5,7-8,15H2,1-2H3. The van der Waals surface area contributed by atoms with E-state index >= 15 is 0 Å². The second kappa shape index (κ2) is 6.09. The number of likely N-dealkylation sites (tertiary alicyclic amines) is 1. The molecule has 1 heterocycles. The number of benzene rings is 1. The van der Waals surface area contributed by atoms with Crippen LogP contribution in [0.2, 0.25) is 0 Å². The van der Waals surface area contributed by atoms with E-state index < -0.39 is 4.92 Å². The van der Waals surface area contributed by atoms with Crippen LogP contribution in [0.5, 0.6) is 5.75 Å². The molecule has 1 saturated heterocycles. The SMILES string of the molecule is COc1ccc(C(=O)N2CC(CN)CC2C)cc1[N+](=O)[O-]. The van der Waals surface area contributed by atoms with Gasteiger partial charge in [0.1, 0.15) is 0 Å². The van der Waals surface area contributed by atoms with Crippen molar-refractivity contribution in [1.29, 1.82) is 0 Å². The number of hydrogen-bond donors (Lipinski definition) is 1. The maximum atomic E-state index is 12.5. The van der Waals surface area contributed by atoms with Crippen molar-refractivity contribution in [2.24, 2.45) is 11.7 Å². The highest BCUT2D eigenvalue weighted by atomic mass is 16.6. The molecular formula is C14H19N3O4. The second-order valence-corrected chi connectivity index (χ2v) is 5.29. The lowest BCUT2D eigenvalue weighted by molar-refractivity contribution is -0.385. The van der Waals surface area contributed by atoms with Crippen LogP contribution < -0.4 is 10.5 Å². The van der Waals surface area contributed by atoms with E-state index in [1.807, 2.05) is 6.92 Å². The van der Waals surface area contributed by atoms with E-state index in [0.717, 1.165) is 6.42 Å². The topological polar surface area (TPSA) is 98.7 Å². The minimum absolute atomic E-state index is 0.0900. The van der Waals surface area contributed by atoms with E-state index in [-0.39, 0.29) is 29.3 Å². The molecule has 2 unspecified atom stereocenters. The molecule has 21 heavy (non-hydrogen) atoms. The number of nitrogens with zero attached hydrogens (tertiary/aromatic N) is 2. The number of ether oxygens (including phenoxy) is 1. The van der Waals surface area contributed by atoms with Crippen molar-refractivity contribution in [3.05, 3.63) is 33.9 Å². The van der Waals surface area contributed by atoms with Crippen molar-refractivity contribution in [2.45, 2.75) is 19.4 Å². The number of methoxy groups -OCH3 is 1. The molecule has 2 N–H and O–H groups in total. The molecule has 1 aromatic rings. The predicted molar refractivity (Wildman–Crippen MR) is 77.3 cm³/mol. The number of rotatable bonds is 4. The van der Waals surface area contributed by atoms with Gasteiger partial charge in [0.2, 0.25) is 0 Å². The van der Waals surface area contributed by atoms with Gasteiger partial charge in [-0.25, -0.2) is 0 Å². The van der Waals surface area contributed by atoms with E-state index in [1.54, 1.807) is 11.0 Å². The summed E-state index contributed by atoms with van der Waals surface area (Å²) in [6.45, 7) is 3.10. The zero-order chi connectivity index (χ0) is 15.6. The predicted octanol–water partition coefficient (Wildman–Crippen LogP) is 1.41. The van der Waals surface area contributed by atoms with Gasteiger partial charge in [0.15, 0.2) is 5.75 Å². The molecule has 0 aliphatic carbocycles. The lowest BCUT2D eigenvalue weighted by Gasteiger charge is -2.21. The summed E-state index contributed by atoms with van der Waals surface area (Å²) in [5.74, 6) is 0.229. The maximum absolute atomic E-state index is 12.5. The fourth-order valence-corrected chi connectivity index (χ4v) is 2.73. The Balaban J connectivity index is 2.28. The summed E-state index contributed by atoms with van der Waals surface area (Å²) in [6.07, 6.45) is 0.862. The third-order valence-electron chi connectivity index (χ3n) is 3.88. The first-order valence-corrected chi connectivity index (χ1v) is 6.81. The van der Waals surface area contributed by atoms with E-state index in [0.29, 0.717) is 18.7 Å². The number of carbonyl (C=O) groups is 1. The van der Waals surface area contributed by atoms with Crippen LogP contribution in [0.3, 0.4) is 0 Å². The van der Waals surface area contributed by atoms with Gasteiger partial charge in [0, 0.05) is 24.2 Å². The van der Waals surface area contributed by atoms with Crippen molar-refractivity contribution in [3.63, 3.8) is 0 Å². The summed E-state index contributed by atoms with van der Waals surface area (Å²) in [7, 11) is 1.36. The summed E-state index contributed by atoms with van der Waals surface area (Å²) < 4.78 is 4.94. The molecule has 2 rings (SSSR count). The van der Waals surface area contributed by atoms with E-state index in [2.05, 4.69) is 0 Å². The summed E-state index contributed by atoms with van der Waals surface area (Å²) in [6, 6.07) is 4.36. The lowest BCUT2D eigenvalue weighted by atomic mass is 10.1. The normalized spacial score (nSPS) is 21.4. The number of hydrogen-bond acceptors (Lipinski definition) is 5. The average molecular weight is 293 g/mol. The molecule has 2 atom stereocenters. The molecule has 1 aliphatic rings. The summed E-state index contributed by atoms with van der Waals surface area (Å²) in [5.41, 5.74) is 5.75. The molecule has 0 bridgehead atoms. The smallest absolute Gasteiger partial charge is 0.311 e. The van der Waals surface area contributed by atoms with Gasteiger partial charge in [0.05, 0.1) is 12.0 Å². The Morgan fingerprint density at radius 1 is 1.57 bits per heavy atom. The first kappa shape index (κ1) is 15.2. The van der Waals surface area contributed by atoms with Gasteiger partial charge in [-0.3, -0.25) is 14.9 Å². The van der Waals surface area contributed by atoms with Gasteiger partial charge >= 0.3 is 5.69 Å². The summed E-state index contributed by atoms with van der Waals surface area (Å²) in [4.78, 5) is 24.7. The van der Waals surface area contributed by atoms with Crippen molar-refractivity contribution in [3.8, 4) is 5.75 Å². The van der Waals surface area contributed by atoms with Crippen LogP contribution in [0.4, 0.5) is 5.69 Å². The number of nitro groups is 1. The van der Waals surface area contributed by atoms with Crippen molar-refractivity contribution < 1.29 is 14.5 Å². The van der Waals surface area contributed by atoms with Crippen molar-refractivity contribution in [2.75, 3.05) is 20.2 Å². The molecule has 1 aliphatic heterocycles. The maximum Gasteiger partial charge on any atom is 0.311 e. The fraction of sp³-hybridized carbons (Fsp3) is 0.500. The molecule has 1 aromatic carbocycles. The summed E-state index contributed by atoms with van der Waals surface area (Å²) in [5, 5.41) is 11.0. The van der Waals surface area contributed by atoms with Crippen LogP contribution in [-0.4, -0.2) is 42.0 Å². The van der Waals surface area contributed by atoms with Crippen LogP contribution in [0.1, 0.15) is 23.7 Å². The van der Waals surface area contributed by atoms with Crippen LogP contribution in [0.25, 0.3) is 0 Å². The molecule has 0 aromatic heterocycles. The molecule has 7 nitrogen and oxygen atoms in total. The third kappa shape index (κ3) is 2.97. The Kier molecular flexibility index (Phi) is 4.42. The van der Waals surface area contributed by atoms with Gasteiger partial charge in [-0.05, 0) is 37.9 Å². The number of nitro benzene ring substituents is 1. The zero-order valence-electron chi connectivity index (χ0n) is 12.1. The van der Waals surface area contributed by atoms with E-state index in [9.17, 15) is 14.9 Å². The highest BCUT2D eigenvalue weighted by molar-refractivity contribution is 5.95. The largest absolute Gasteiger partial charge is 0.490 e. The number of carbonyl (C=O) groups excluding carboxylic acids is 1. The molecule has 0 spiro atoms. The average Bonchev–Trinajstić information content (AvgIpc) is 2.86. The van der Waals surface area contributed by atoms with E-state index in [4.69, 9.17) is 10.5 Å². The molecule has 7 heteroatoms. The Morgan fingerprint density at radius 2 is 2.29 bits per heavy atom. The molecule has 1 fully saturated rings. The van der Waals surface area contributed by atoms with Crippen LogP contribution in [0.15, 0.2) is 18.2 Å². The quantitative estimate of drug-likeness (QED) is 0.668. The molecule has 0 saturated carbocycles. The van der Waals surface area contributed by atoms with Crippen LogP contribution in [0, 0.1) is 16.0 Å². The van der Waals surface area contributed by atoms with Crippen molar-refractivity contribution in [1.82, 2.24) is 4.90 Å². The lowest BCUT2D eigenvalue weighted by Crippen LogP contribution is -2.34.